The van der Waals surface area contributed by atoms with E-state index in [4.69, 9.17) is 4.74 Å². The first kappa shape index (κ1) is 31.0. The molecule has 7 heteroatoms. The van der Waals surface area contributed by atoms with Crippen LogP contribution in [0.3, 0.4) is 0 Å². The molecule has 0 aromatic heterocycles. The van der Waals surface area contributed by atoms with Crippen LogP contribution in [0.2, 0.25) is 0 Å². The Morgan fingerprint density at radius 2 is 1.63 bits per heavy atom. The fourth-order valence-electron chi connectivity index (χ4n) is 6.94. The first-order valence-corrected chi connectivity index (χ1v) is 15.8. The molecule has 3 unspecified atom stereocenters. The summed E-state index contributed by atoms with van der Waals surface area (Å²) in [5, 5.41) is 6.44. The summed E-state index contributed by atoms with van der Waals surface area (Å²) >= 11 is 0. The van der Waals surface area contributed by atoms with E-state index in [1.807, 2.05) is 30.3 Å². The van der Waals surface area contributed by atoms with E-state index in [0.29, 0.717) is 0 Å². The molecule has 7 nitrogen and oxygen atoms in total. The fraction of sp³-hybridized carbons (Fsp3) is 0.588. The van der Waals surface area contributed by atoms with Gasteiger partial charge in [-0.1, -0.05) is 38.0 Å². The number of piperidine rings is 1. The van der Waals surface area contributed by atoms with Crippen molar-refractivity contribution in [1.82, 2.24) is 4.90 Å². The van der Waals surface area contributed by atoms with Gasteiger partial charge in [0, 0.05) is 24.2 Å². The number of carbonyl (C=O) groups excluding carboxylic acids is 2. The van der Waals surface area contributed by atoms with Gasteiger partial charge >= 0.3 is 0 Å². The van der Waals surface area contributed by atoms with Gasteiger partial charge < -0.3 is 19.9 Å². The van der Waals surface area contributed by atoms with Crippen molar-refractivity contribution in [1.29, 1.82) is 0 Å². The number of nitrogens with zero attached hydrogens (tertiary/aromatic N) is 2. The van der Waals surface area contributed by atoms with E-state index < -0.39 is 0 Å². The lowest BCUT2D eigenvalue weighted by molar-refractivity contribution is -0.931. The van der Waals surface area contributed by atoms with Crippen LogP contribution in [-0.4, -0.2) is 73.1 Å². The summed E-state index contributed by atoms with van der Waals surface area (Å²) < 4.78 is 6.15. The number of unbranched alkanes of at least 4 members (excludes halogenated alkanes) is 2. The Kier molecular flexibility index (Phi) is 11.2. The molecule has 2 fully saturated rings. The van der Waals surface area contributed by atoms with Gasteiger partial charge in [0.05, 0.1) is 32.8 Å². The Hall–Kier alpha value is -2.90. The third kappa shape index (κ3) is 7.89. The number of aryl methyl sites for hydroxylation is 2. The van der Waals surface area contributed by atoms with Crippen LogP contribution in [0.1, 0.15) is 75.8 Å². The van der Waals surface area contributed by atoms with Crippen LogP contribution < -0.4 is 15.4 Å². The second kappa shape index (κ2) is 14.8. The highest BCUT2D eigenvalue weighted by molar-refractivity contribution is 5.96. The van der Waals surface area contributed by atoms with Crippen LogP contribution in [-0.2, 0) is 9.59 Å². The van der Waals surface area contributed by atoms with E-state index in [1.165, 1.54) is 0 Å². The summed E-state index contributed by atoms with van der Waals surface area (Å²) in [4.78, 5) is 29.3. The zero-order chi connectivity index (χ0) is 29.2. The van der Waals surface area contributed by atoms with E-state index in [-0.39, 0.29) is 23.9 Å². The molecule has 2 N–H and O–H groups in total. The Morgan fingerprint density at radius 1 is 0.902 bits per heavy atom. The number of hydrogen-bond acceptors (Lipinski definition) is 4. The summed E-state index contributed by atoms with van der Waals surface area (Å²) in [5.41, 5.74) is 4.02. The van der Waals surface area contributed by atoms with Crippen LogP contribution in [0, 0.1) is 13.8 Å². The van der Waals surface area contributed by atoms with Crippen molar-refractivity contribution in [2.45, 2.75) is 90.6 Å². The molecule has 2 aliphatic rings. The minimum absolute atomic E-state index is 0.0126. The number of likely N-dealkylation sites (tertiary alicyclic amines) is 2. The quantitative estimate of drug-likeness (QED) is 0.222. The summed E-state index contributed by atoms with van der Waals surface area (Å²) in [5.74, 6) is 1.05. The summed E-state index contributed by atoms with van der Waals surface area (Å²) in [6, 6.07) is 13.7. The minimum Gasteiger partial charge on any atom is -0.497 e. The van der Waals surface area contributed by atoms with Crippen molar-refractivity contribution in [3.8, 4) is 5.75 Å². The molecule has 0 spiro atoms. The molecule has 4 rings (SSSR count). The van der Waals surface area contributed by atoms with Gasteiger partial charge in [0.15, 0.2) is 6.04 Å². The number of nitrogens with one attached hydrogen (secondary N) is 2. The maximum atomic E-state index is 13.7. The molecule has 2 heterocycles. The molecule has 3 atom stereocenters. The van der Waals surface area contributed by atoms with Crippen LogP contribution in [0.5, 0.6) is 5.75 Å². The summed E-state index contributed by atoms with van der Waals surface area (Å²) in [6.07, 6.45) is 9.60. The van der Waals surface area contributed by atoms with Gasteiger partial charge in [0.1, 0.15) is 5.75 Å². The largest absolute Gasteiger partial charge is 0.497 e. The van der Waals surface area contributed by atoms with E-state index in [1.54, 1.807) is 7.11 Å². The molecule has 2 aliphatic heterocycles. The minimum atomic E-state index is -0.0863. The van der Waals surface area contributed by atoms with Crippen molar-refractivity contribution >= 4 is 23.2 Å². The number of quaternary nitrogens is 1. The Balaban J connectivity index is 1.35. The molecule has 41 heavy (non-hydrogen) atoms. The van der Waals surface area contributed by atoms with Gasteiger partial charge in [-0.3, -0.25) is 14.5 Å². The predicted octanol–water partition coefficient (Wildman–Crippen LogP) is 6.30. The molecule has 2 aromatic carbocycles. The van der Waals surface area contributed by atoms with Crippen LogP contribution in [0.15, 0.2) is 42.5 Å². The van der Waals surface area contributed by atoms with Gasteiger partial charge in [-0.2, -0.15) is 0 Å². The molecule has 2 aromatic rings. The predicted molar refractivity (Wildman–Crippen MR) is 167 cm³/mol. The second-order valence-electron chi connectivity index (χ2n) is 12.1. The zero-order valence-electron chi connectivity index (χ0n) is 25.7. The molecule has 0 aliphatic carbocycles. The number of para-hydroxylation sites is 1. The fourth-order valence-corrected chi connectivity index (χ4v) is 6.94. The number of amides is 2. The molecular weight excluding hydrogens is 512 g/mol. The molecule has 0 bridgehead atoms. The first-order valence-electron chi connectivity index (χ1n) is 15.8. The van der Waals surface area contributed by atoms with Gasteiger partial charge in [-0.15, -0.1) is 0 Å². The highest BCUT2D eigenvalue weighted by Crippen LogP contribution is 2.31. The van der Waals surface area contributed by atoms with E-state index in [2.05, 4.69) is 48.4 Å². The van der Waals surface area contributed by atoms with E-state index in [0.717, 1.165) is 123 Å². The van der Waals surface area contributed by atoms with Crippen molar-refractivity contribution in [2.75, 3.05) is 50.5 Å². The summed E-state index contributed by atoms with van der Waals surface area (Å²) in [6.45, 7) is 11.5. The van der Waals surface area contributed by atoms with E-state index >= 15 is 0 Å². The second-order valence-corrected chi connectivity index (χ2v) is 12.1. The molecule has 0 saturated carbocycles. The number of hydrogen-bond donors (Lipinski definition) is 2. The summed E-state index contributed by atoms with van der Waals surface area (Å²) in [7, 11) is 1.64. The third-order valence-corrected chi connectivity index (χ3v) is 9.30. The number of methoxy groups -OCH3 is 1. The first-order chi connectivity index (χ1) is 19.9. The smallest absolute Gasteiger partial charge is 0.282 e. The molecular formula is C34H51N4O3+. The Bertz CT molecular complexity index is 1130. The lowest BCUT2D eigenvalue weighted by atomic mass is 10.0. The molecule has 2 amide bonds. The highest BCUT2D eigenvalue weighted by Gasteiger charge is 2.45. The standard InChI is InChI=1S/C34H50N4O3/c1-5-6-23-38(25-12-16-31(38)34(40)36-32-26(2)13-11-14-27(32)3)24-10-9-22-37-21-8-7-15-30(37)33(39)35-28-17-19-29(41-4)20-18-28/h11,13-14,17-20,30-31H,5-10,12,15-16,21-25H2,1-4H3,(H-,35,36,39,40)/p+1. The lowest BCUT2D eigenvalue weighted by Gasteiger charge is -2.40. The SMILES string of the molecule is CCCC[N+]1(CCCCN2CCCCC2C(=O)Nc2ccc(OC)cc2)CCCC1C(=O)Nc1c(C)cccc1C. The van der Waals surface area contributed by atoms with Gasteiger partial charge in [-0.05, 0) is 94.4 Å². The van der Waals surface area contributed by atoms with Crippen molar-refractivity contribution in [3.05, 3.63) is 53.6 Å². The molecule has 224 valence electrons. The number of benzene rings is 2. The monoisotopic (exact) mass is 563 g/mol. The Morgan fingerprint density at radius 3 is 2.34 bits per heavy atom. The molecule has 0 radical (unpaired) electrons. The van der Waals surface area contributed by atoms with Crippen molar-refractivity contribution < 1.29 is 18.8 Å². The highest BCUT2D eigenvalue weighted by atomic mass is 16.5. The third-order valence-electron chi connectivity index (χ3n) is 9.30. The van der Waals surface area contributed by atoms with Crippen LogP contribution >= 0.6 is 0 Å². The number of anilines is 2. The van der Waals surface area contributed by atoms with Gasteiger partial charge in [0.25, 0.3) is 5.91 Å². The number of ether oxygens (including phenoxy) is 1. The van der Waals surface area contributed by atoms with Crippen molar-refractivity contribution in [3.63, 3.8) is 0 Å². The molecule has 2 saturated heterocycles. The van der Waals surface area contributed by atoms with E-state index in [9.17, 15) is 9.59 Å². The van der Waals surface area contributed by atoms with Crippen LogP contribution in [0.25, 0.3) is 0 Å². The number of carbonyl (C=O) groups is 2. The maximum absolute atomic E-state index is 13.7. The normalized spacial score (nSPS) is 22.8. The Labute approximate surface area is 247 Å². The van der Waals surface area contributed by atoms with Crippen molar-refractivity contribution in [2.24, 2.45) is 0 Å². The lowest BCUT2D eigenvalue weighted by Crippen LogP contribution is -2.57. The maximum Gasteiger partial charge on any atom is 0.282 e. The van der Waals surface area contributed by atoms with Gasteiger partial charge in [-0.25, -0.2) is 0 Å². The van der Waals surface area contributed by atoms with Crippen LogP contribution in [0.4, 0.5) is 11.4 Å². The topological polar surface area (TPSA) is 70.7 Å². The average molecular weight is 564 g/mol. The van der Waals surface area contributed by atoms with Gasteiger partial charge in [0.2, 0.25) is 5.91 Å². The average Bonchev–Trinajstić information content (AvgIpc) is 3.40. The zero-order valence-corrected chi connectivity index (χ0v) is 25.7. The number of rotatable bonds is 13.